The lowest BCUT2D eigenvalue weighted by atomic mass is 9.98. The summed E-state index contributed by atoms with van der Waals surface area (Å²) in [6.07, 6.45) is 6.02. The summed E-state index contributed by atoms with van der Waals surface area (Å²) < 4.78 is 21.5. The number of ether oxygens (including phenoxy) is 4. The highest BCUT2D eigenvalue weighted by atomic mass is 16.5. The van der Waals surface area contributed by atoms with Crippen LogP contribution in [0.4, 0.5) is 0 Å². The van der Waals surface area contributed by atoms with E-state index in [0.29, 0.717) is 75.8 Å². The third-order valence-corrected chi connectivity index (χ3v) is 14.3. The second-order valence-corrected chi connectivity index (χ2v) is 24.2. The summed E-state index contributed by atoms with van der Waals surface area (Å²) in [6.45, 7) is 23.1. The summed E-state index contributed by atoms with van der Waals surface area (Å²) in [7, 11) is 0. The number of carbonyl (C=O) groups is 11. The monoisotopic (exact) mass is 1420 g/mol. The first kappa shape index (κ1) is 101. The van der Waals surface area contributed by atoms with Crippen LogP contribution < -0.4 is 75.7 Å². The fourth-order valence-corrected chi connectivity index (χ4v) is 8.10. The number of nitrogens with one attached hydrogen (secondary N) is 11. The lowest BCUT2D eigenvalue weighted by molar-refractivity contribution is -0.129. The molecule has 9 amide bonds. The molecular weight excluding hydrogens is 1290 g/mol. The van der Waals surface area contributed by atoms with E-state index in [4.69, 9.17) is 36.1 Å². The second kappa shape index (κ2) is 64.5. The average molecular weight is 1420 g/mol. The minimum Gasteiger partial charge on any atom is -0.411 e. The Kier molecular flexibility index (Phi) is 65.7. The van der Waals surface area contributed by atoms with Crippen molar-refractivity contribution in [1.29, 1.82) is 0 Å². The van der Waals surface area contributed by atoms with Gasteiger partial charge in [0.2, 0.25) is 53.2 Å². The van der Waals surface area contributed by atoms with Crippen molar-refractivity contribution in [2.75, 3.05) is 118 Å². The van der Waals surface area contributed by atoms with Crippen LogP contribution in [0.2, 0.25) is 0 Å². The van der Waals surface area contributed by atoms with Gasteiger partial charge in [-0.15, -0.1) is 0 Å². The number of hydrogen-bond donors (Lipinski definition) is 16. The zero-order chi connectivity index (χ0) is 73.9. The molecule has 0 heterocycles. The SMILES string of the molecule is C.C.CC(=O)CN[C@@H](CCCCNC(=O)COCCOCCNC(=O)COCCOCCNC(=O)CCCC(=O)NCCCC[C@H](NC(=O)CCCC(=O)NC(CNC(C)(C)/C(C)=N/O)CNC(C)(C)/C(C)=N/O)C(=O)NCCCC[C@H](NCC(C)=O)C(N)=O)C(N)=O.CCC.CCN. The van der Waals surface area contributed by atoms with Crippen LogP contribution >= 0.6 is 0 Å². The van der Waals surface area contributed by atoms with E-state index >= 15 is 0 Å². The van der Waals surface area contributed by atoms with E-state index in [0.717, 1.165) is 6.54 Å². The third-order valence-electron chi connectivity index (χ3n) is 14.3. The largest absolute Gasteiger partial charge is 0.411 e. The van der Waals surface area contributed by atoms with Crippen molar-refractivity contribution in [3.05, 3.63) is 0 Å². The van der Waals surface area contributed by atoms with Crippen molar-refractivity contribution in [2.45, 2.75) is 229 Å². The number of hydrogen-bond acceptors (Lipinski definition) is 24. The summed E-state index contributed by atoms with van der Waals surface area (Å²) in [5, 5.41) is 57.0. The number of unbranched alkanes of at least 4 members (excludes halogenated alkanes) is 3. The molecule has 0 aliphatic rings. The summed E-state index contributed by atoms with van der Waals surface area (Å²) in [5.41, 5.74) is 15.1. The lowest BCUT2D eigenvalue weighted by Crippen LogP contribution is -2.57. The molecule has 578 valence electrons. The quantitative estimate of drug-likeness (QED) is 0.0172. The van der Waals surface area contributed by atoms with Gasteiger partial charge in [-0.3, -0.25) is 63.4 Å². The van der Waals surface area contributed by atoms with Gasteiger partial charge >= 0.3 is 0 Å². The van der Waals surface area contributed by atoms with E-state index in [1.54, 1.807) is 13.8 Å². The molecule has 0 aliphatic carbocycles. The third kappa shape index (κ3) is 60.8. The number of nitrogens with zero attached hydrogens (tertiary/aromatic N) is 2. The molecule has 33 nitrogen and oxygen atoms in total. The predicted octanol–water partition coefficient (Wildman–Crippen LogP) is 0.610. The molecule has 0 rings (SSSR count). The first-order valence-electron chi connectivity index (χ1n) is 33.8. The molecule has 0 aromatic rings. The number of carbonyl (C=O) groups excluding carboxylic acids is 11. The summed E-state index contributed by atoms with van der Waals surface area (Å²) in [6, 6.07) is -2.73. The molecule has 99 heavy (non-hydrogen) atoms. The molecule has 33 heteroatoms. The van der Waals surface area contributed by atoms with Crippen molar-refractivity contribution < 1.29 is 82.1 Å². The Morgan fingerprint density at radius 2 is 0.758 bits per heavy atom. The average Bonchev–Trinajstić information content (AvgIpc) is 0.940. The molecule has 0 aliphatic heterocycles. The highest BCUT2D eigenvalue weighted by molar-refractivity contribution is 5.91. The maximum absolute atomic E-state index is 13.5. The van der Waals surface area contributed by atoms with Crippen LogP contribution in [0, 0.1) is 0 Å². The second-order valence-electron chi connectivity index (χ2n) is 24.2. The Bertz CT molecular complexity index is 2280. The zero-order valence-electron chi connectivity index (χ0n) is 60.0. The van der Waals surface area contributed by atoms with Crippen LogP contribution in [0.1, 0.15) is 194 Å². The fraction of sp³-hybridized carbons (Fsp3) is 0.803. The van der Waals surface area contributed by atoms with Gasteiger partial charge in [0.25, 0.3) is 0 Å². The zero-order valence-corrected chi connectivity index (χ0v) is 60.0. The highest BCUT2D eigenvalue weighted by Gasteiger charge is 2.28. The Morgan fingerprint density at radius 3 is 1.13 bits per heavy atom. The number of Topliss-reactive ketones (excluding diaryl/α,β-unsaturated/α-hetero) is 2. The van der Waals surface area contributed by atoms with Crippen molar-refractivity contribution in [1.82, 2.24) is 58.5 Å². The Hall–Kier alpha value is -6.85. The molecule has 0 aromatic heterocycles. The van der Waals surface area contributed by atoms with E-state index < -0.39 is 58.9 Å². The van der Waals surface area contributed by atoms with Crippen molar-refractivity contribution >= 4 is 76.2 Å². The van der Waals surface area contributed by atoms with Gasteiger partial charge in [-0.05, 0) is 133 Å². The molecule has 0 bridgehead atoms. The Morgan fingerprint density at radius 1 is 0.434 bits per heavy atom. The minimum absolute atomic E-state index is 0. The van der Waals surface area contributed by atoms with E-state index in [1.165, 1.54) is 20.3 Å². The number of rotatable bonds is 58. The van der Waals surface area contributed by atoms with Gasteiger partial charge in [0.15, 0.2) is 0 Å². The van der Waals surface area contributed by atoms with Crippen molar-refractivity contribution in [3.63, 3.8) is 0 Å². The first-order chi connectivity index (χ1) is 46.0. The molecule has 0 aromatic carbocycles. The van der Waals surface area contributed by atoms with Gasteiger partial charge in [0.1, 0.15) is 30.8 Å². The smallest absolute Gasteiger partial charge is 0.246 e. The molecular formula is C66H132N16O17. The predicted molar refractivity (Wildman–Crippen MR) is 383 cm³/mol. The molecule has 0 unspecified atom stereocenters. The first-order valence-corrected chi connectivity index (χ1v) is 33.8. The van der Waals surface area contributed by atoms with Crippen LogP contribution in [0.25, 0.3) is 0 Å². The van der Waals surface area contributed by atoms with Crippen LogP contribution in [0.5, 0.6) is 0 Å². The van der Waals surface area contributed by atoms with E-state index in [-0.39, 0.29) is 200 Å². The lowest BCUT2D eigenvalue weighted by Gasteiger charge is -2.32. The number of oxime groups is 2. The van der Waals surface area contributed by atoms with Gasteiger partial charge < -0.3 is 94.4 Å². The van der Waals surface area contributed by atoms with Gasteiger partial charge in [-0.1, -0.05) is 52.4 Å². The van der Waals surface area contributed by atoms with Crippen molar-refractivity contribution in [3.8, 4) is 0 Å². The van der Waals surface area contributed by atoms with E-state index in [1.807, 2.05) is 34.6 Å². The van der Waals surface area contributed by atoms with Crippen LogP contribution in [-0.2, 0) is 71.7 Å². The molecule has 0 saturated heterocycles. The molecule has 0 saturated carbocycles. The van der Waals surface area contributed by atoms with E-state index in [9.17, 15) is 63.2 Å². The van der Waals surface area contributed by atoms with Gasteiger partial charge in [-0.2, -0.15) is 0 Å². The highest BCUT2D eigenvalue weighted by Crippen LogP contribution is 2.10. The van der Waals surface area contributed by atoms with Gasteiger partial charge in [0.05, 0.1) is 93.4 Å². The van der Waals surface area contributed by atoms with Crippen LogP contribution in [0.15, 0.2) is 10.3 Å². The molecule has 0 fully saturated rings. The maximum Gasteiger partial charge on any atom is 0.246 e. The van der Waals surface area contributed by atoms with E-state index in [2.05, 4.69) is 82.6 Å². The summed E-state index contributed by atoms with van der Waals surface area (Å²) in [5.74, 6) is -3.76. The Labute approximate surface area is 589 Å². The topological polar surface area (TPSA) is 500 Å². The van der Waals surface area contributed by atoms with Crippen LogP contribution in [-0.4, -0.2) is 240 Å². The number of nitrogens with two attached hydrogens (primary N) is 3. The Balaban J connectivity index is -0.00000354. The molecule has 19 N–H and O–H groups in total. The van der Waals surface area contributed by atoms with Crippen molar-refractivity contribution in [2.24, 2.45) is 27.5 Å². The summed E-state index contributed by atoms with van der Waals surface area (Å²) >= 11 is 0. The minimum atomic E-state index is -0.935. The van der Waals surface area contributed by atoms with Gasteiger partial charge in [-0.25, -0.2) is 0 Å². The normalized spacial score (nSPS) is 12.3. The standard InChI is InChI=1S/C59H109N15O17.C3H8.C2H7N.2CH4/c1-41(75)35-67-46(55(60)83)17-9-12-25-63-53(81)39-90-33-32-89-30-28-65-54(82)40-91-34-31-88-29-27-64-50(78)21-15-20-49(77)62-24-13-11-19-48(57(85)66-26-14-10-18-47(56(61)84)68-36-42(2)76)72-52(80)23-16-22-51(79)71-45(37-69-58(5,6)43(3)73-86)38-70-59(7,8)44(4)74-87;1-3-2;1-2-3;;/h45-48,67-70,86-87H,9-40H2,1-8H3,(H2,60,83)(H2,61,84)(H,62,77)(H,63,81)(H,64,78)(H,65,82)(H,66,85)(H,71,79)(H,72,80);3H2,1-2H3;2-3H2,1H3;2*1H4/b73-43+,74-44+;;;;/t46-,47-,48-;;;;/m0..../s1. The molecule has 0 radical (unpaired) electrons. The molecule has 0 spiro atoms. The maximum atomic E-state index is 13.5. The fourth-order valence-electron chi connectivity index (χ4n) is 8.10. The van der Waals surface area contributed by atoms with Gasteiger partial charge in [0, 0.05) is 71.5 Å². The number of ketones is 2. The number of amides is 9. The molecule has 3 atom stereocenters. The van der Waals surface area contributed by atoms with Crippen LogP contribution in [0.3, 0.4) is 0 Å². The summed E-state index contributed by atoms with van der Waals surface area (Å²) in [4.78, 5) is 135. The number of primary amides is 2.